The minimum absolute atomic E-state index is 0.883. The van der Waals surface area contributed by atoms with Crippen molar-refractivity contribution in [3.05, 3.63) is 33.4 Å². The third kappa shape index (κ3) is 2.99. The lowest BCUT2D eigenvalue weighted by molar-refractivity contribution is 0.213. The molecule has 0 saturated heterocycles. The summed E-state index contributed by atoms with van der Waals surface area (Å²) in [6, 6.07) is 8.25. The van der Waals surface area contributed by atoms with E-state index < -0.39 is 0 Å². The lowest BCUT2D eigenvalue weighted by atomic mass is 10.1. The van der Waals surface area contributed by atoms with Crippen molar-refractivity contribution in [2.45, 2.75) is 13.3 Å². The molecule has 0 heterocycles. The number of benzene rings is 1. The molecule has 1 aromatic rings. The van der Waals surface area contributed by atoms with Gasteiger partial charge in [-0.1, -0.05) is 24.2 Å². The third-order valence-corrected chi connectivity index (χ3v) is 2.43. The molecule has 0 bridgehead atoms. The van der Waals surface area contributed by atoms with E-state index in [4.69, 9.17) is 4.84 Å². The van der Waals surface area contributed by atoms with Gasteiger partial charge in [0.05, 0.1) is 5.71 Å². The summed E-state index contributed by atoms with van der Waals surface area (Å²) >= 11 is 2.28. The van der Waals surface area contributed by atoms with E-state index in [1.165, 1.54) is 3.57 Å². The van der Waals surface area contributed by atoms with E-state index in [1.54, 1.807) is 7.11 Å². The number of nitrogens with zero attached hydrogens (tertiary/aromatic N) is 1. The highest BCUT2D eigenvalue weighted by atomic mass is 127. The third-order valence-electron chi connectivity index (χ3n) is 1.71. The fraction of sp³-hybridized carbons (Fsp3) is 0.300. The first kappa shape index (κ1) is 10.5. The van der Waals surface area contributed by atoms with Crippen LogP contribution >= 0.6 is 22.6 Å². The van der Waals surface area contributed by atoms with Gasteiger partial charge in [0, 0.05) is 3.57 Å². The highest BCUT2D eigenvalue weighted by Gasteiger charge is 2.00. The summed E-state index contributed by atoms with van der Waals surface area (Å²) in [4.78, 5) is 4.77. The van der Waals surface area contributed by atoms with Crippen molar-refractivity contribution in [1.29, 1.82) is 0 Å². The van der Waals surface area contributed by atoms with Crippen LogP contribution in [0.1, 0.15) is 18.9 Å². The van der Waals surface area contributed by atoms with Crippen LogP contribution in [-0.4, -0.2) is 12.8 Å². The molecule has 70 valence electrons. The smallest absolute Gasteiger partial charge is 0.106 e. The van der Waals surface area contributed by atoms with Gasteiger partial charge < -0.3 is 4.84 Å². The van der Waals surface area contributed by atoms with Crippen LogP contribution in [0.3, 0.4) is 0 Å². The van der Waals surface area contributed by atoms with Crippen LogP contribution in [0.5, 0.6) is 0 Å². The topological polar surface area (TPSA) is 21.6 Å². The van der Waals surface area contributed by atoms with Gasteiger partial charge in [0.1, 0.15) is 7.11 Å². The molecule has 0 aliphatic heterocycles. The molecule has 1 rings (SSSR count). The minimum atomic E-state index is 0.883. The Balaban J connectivity index is 2.92. The van der Waals surface area contributed by atoms with E-state index in [2.05, 4.69) is 58.9 Å². The molecule has 0 radical (unpaired) electrons. The Bertz CT molecular complexity index is 292. The molecule has 13 heavy (non-hydrogen) atoms. The van der Waals surface area contributed by atoms with Gasteiger partial charge in [-0.25, -0.2) is 0 Å². The molecule has 0 aromatic heterocycles. The lowest BCUT2D eigenvalue weighted by Crippen LogP contribution is -1.99. The molecule has 3 heteroatoms. The predicted octanol–water partition coefficient (Wildman–Crippen LogP) is 3.05. The van der Waals surface area contributed by atoms with E-state index in [-0.39, 0.29) is 0 Å². The molecule has 0 spiro atoms. The average Bonchev–Trinajstić information content (AvgIpc) is 2.16. The Morgan fingerprint density at radius 2 is 2.00 bits per heavy atom. The SMILES string of the molecule is CC/C(=N/OC)c1ccc(I)cc1. The zero-order chi connectivity index (χ0) is 9.68. The monoisotopic (exact) mass is 289 g/mol. The van der Waals surface area contributed by atoms with Gasteiger partial charge in [0.25, 0.3) is 0 Å². The van der Waals surface area contributed by atoms with Crippen LogP contribution in [0.2, 0.25) is 0 Å². The van der Waals surface area contributed by atoms with Gasteiger partial charge in [-0.15, -0.1) is 0 Å². The first-order valence-electron chi connectivity index (χ1n) is 4.14. The Hall–Kier alpha value is -0.580. The van der Waals surface area contributed by atoms with Crippen LogP contribution in [0.4, 0.5) is 0 Å². The number of hydrogen-bond acceptors (Lipinski definition) is 2. The van der Waals surface area contributed by atoms with Gasteiger partial charge in [-0.2, -0.15) is 0 Å². The van der Waals surface area contributed by atoms with Crippen molar-refractivity contribution in [3.8, 4) is 0 Å². The van der Waals surface area contributed by atoms with Crippen molar-refractivity contribution in [3.63, 3.8) is 0 Å². The molecule has 0 N–H and O–H groups in total. The van der Waals surface area contributed by atoms with E-state index in [9.17, 15) is 0 Å². The maximum absolute atomic E-state index is 4.77. The molecular weight excluding hydrogens is 277 g/mol. The summed E-state index contributed by atoms with van der Waals surface area (Å²) in [5.41, 5.74) is 2.11. The van der Waals surface area contributed by atoms with E-state index in [0.717, 1.165) is 17.7 Å². The highest BCUT2D eigenvalue weighted by Crippen LogP contribution is 2.09. The summed E-state index contributed by atoms with van der Waals surface area (Å²) < 4.78 is 1.23. The van der Waals surface area contributed by atoms with Crippen molar-refractivity contribution >= 4 is 28.3 Å². The second-order valence-electron chi connectivity index (χ2n) is 2.58. The van der Waals surface area contributed by atoms with Gasteiger partial charge in [-0.3, -0.25) is 0 Å². The first-order valence-corrected chi connectivity index (χ1v) is 5.21. The minimum Gasteiger partial charge on any atom is -0.399 e. The molecule has 0 amide bonds. The largest absolute Gasteiger partial charge is 0.399 e. The fourth-order valence-electron chi connectivity index (χ4n) is 1.07. The van der Waals surface area contributed by atoms with Crippen molar-refractivity contribution in [1.82, 2.24) is 0 Å². The maximum atomic E-state index is 4.77. The molecule has 0 saturated carbocycles. The van der Waals surface area contributed by atoms with Crippen molar-refractivity contribution in [2.24, 2.45) is 5.16 Å². The van der Waals surface area contributed by atoms with Crippen LogP contribution in [0, 0.1) is 3.57 Å². The second kappa shape index (κ2) is 5.21. The summed E-state index contributed by atoms with van der Waals surface area (Å²) in [6.07, 6.45) is 0.883. The fourth-order valence-corrected chi connectivity index (χ4v) is 1.43. The van der Waals surface area contributed by atoms with E-state index in [1.807, 2.05) is 0 Å². The highest BCUT2D eigenvalue weighted by molar-refractivity contribution is 14.1. The van der Waals surface area contributed by atoms with Crippen LogP contribution < -0.4 is 0 Å². The number of rotatable bonds is 3. The Morgan fingerprint density at radius 1 is 1.38 bits per heavy atom. The van der Waals surface area contributed by atoms with Crippen LogP contribution in [-0.2, 0) is 4.84 Å². The quantitative estimate of drug-likeness (QED) is 0.476. The standard InChI is InChI=1S/C10H12INO/c1-3-10(12-13-2)8-4-6-9(11)7-5-8/h4-7H,3H2,1-2H3/b12-10-. The lowest BCUT2D eigenvalue weighted by Gasteiger charge is -2.02. The zero-order valence-electron chi connectivity index (χ0n) is 7.75. The first-order chi connectivity index (χ1) is 6.27. The maximum Gasteiger partial charge on any atom is 0.106 e. The number of halogens is 1. The summed E-state index contributed by atoms with van der Waals surface area (Å²) in [5.74, 6) is 0. The normalized spacial score (nSPS) is 11.5. The summed E-state index contributed by atoms with van der Waals surface area (Å²) in [6.45, 7) is 2.07. The van der Waals surface area contributed by atoms with Gasteiger partial charge in [0.2, 0.25) is 0 Å². The van der Waals surface area contributed by atoms with E-state index >= 15 is 0 Å². The molecule has 0 aliphatic rings. The predicted molar refractivity (Wildman–Crippen MR) is 63.0 cm³/mol. The second-order valence-corrected chi connectivity index (χ2v) is 3.83. The Morgan fingerprint density at radius 3 is 2.46 bits per heavy atom. The molecule has 2 nitrogen and oxygen atoms in total. The van der Waals surface area contributed by atoms with E-state index in [0.29, 0.717) is 0 Å². The summed E-state index contributed by atoms with van der Waals surface area (Å²) in [7, 11) is 1.57. The molecule has 0 atom stereocenters. The van der Waals surface area contributed by atoms with Gasteiger partial charge >= 0.3 is 0 Å². The summed E-state index contributed by atoms with van der Waals surface area (Å²) in [5, 5.41) is 3.96. The van der Waals surface area contributed by atoms with Gasteiger partial charge in [-0.05, 0) is 46.7 Å². The van der Waals surface area contributed by atoms with Crippen molar-refractivity contribution < 1.29 is 4.84 Å². The number of oxime groups is 1. The Kier molecular flexibility index (Phi) is 4.21. The van der Waals surface area contributed by atoms with Crippen molar-refractivity contribution in [2.75, 3.05) is 7.11 Å². The number of hydrogen-bond donors (Lipinski definition) is 0. The molecule has 0 unspecified atom stereocenters. The zero-order valence-corrected chi connectivity index (χ0v) is 9.91. The van der Waals surface area contributed by atoms with Gasteiger partial charge in [0.15, 0.2) is 0 Å². The molecular formula is C10H12INO. The molecule has 1 aromatic carbocycles. The molecule has 0 fully saturated rings. The van der Waals surface area contributed by atoms with Crippen LogP contribution in [0.15, 0.2) is 29.4 Å². The average molecular weight is 289 g/mol. The van der Waals surface area contributed by atoms with Crippen LogP contribution in [0.25, 0.3) is 0 Å². The molecule has 0 aliphatic carbocycles. The Labute approximate surface area is 92.1 Å².